The minimum absolute atomic E-state index is 0.849. The van der Waals surface area contributed by atoms with Crippen LogP contribution < -0.4 is 4.74 Å². The van der Waals surface area contributed by atoms with Crippen molar-refractivity contribution in [3.8, 4) is 16.9 Å². The molecule has 0 N–H and O–H groups in total. The fourth-order valence-corrected chi connectivity index (χ4v) is 2.81. The van der Waals surface area contributed by atoms with Crippen molar-refractivity contribution in [3.05, 3.63) is 66.9 Å². The van der Waals surface area contributed by atoms with Gasteiger partial charge in [0.15, 0.2) is 0 Å². The molecule has 1 aromatic heterocycles. The van der Waals surface area contributed by atoms with Gasteiger partial charge in [-0.25, -0.2) is 0 Å². The molecule has 0 saturated heterocycles. The normalized spacial score (nSPS) is 11.1. The third-order valence-corrected chi connectivity index (χ3v) is 3.84. The molecule has 21 heavy (non-hydrogen) atoms. The van der Waals surface area contributed by atoms with Crippen LogP contribution in [0.25, 0.3) is 32.9 Å². The van der Waals surface area contributed by atoms with Crippen molar-refractivity contribution in [3.63, 3.8) is 0 Å². The van der Waals surface area contributed by atoms with Gasteiger partial charge in [0.1, 0.15) is 11.3 Å². The number of hydrogen-bond donors (Lipinski definition) is 0. The number of ether oxygens (including phenoxy) is 1. The van der Waals surface area contributed by atoms with Crippen LogP contribution in [0.3, 0.4) is 0 Å². The van der Waals surface area contributed by atoms with E-state index in [4.69, 9.17) is 9.15 Å². The fraction of sp³-hybridized carbons (Fsp3) is 0.0526. The van der Waals surface area contributed by atoms with Gasteiger partial charge in [0.05, 0.1) is 13.4 Å². The van der Waals surface area contributed by atoms with Gasteiger partial charge in [0.2, 0.25) is 0 Å². The van der Waals surface area contributed by atoms with Gasteiger partial charge < -0.3 is 9.15 Å². The van der Waals surface area contributed by atoms with E-state index >= 15 is 0 Å². The van der Waals surface area contributed by atoms with E-state index in [9.17, 15) is 0 Å². The summed E-state index contributed by atoms with van der Waals surface area (Å²) in [4.78, 5) is 0. The lowest BCUT2D eigenvalue weighted by Crippen LogP contribution is -1.83. The molecule has 0 amide bonds. The summed E-state index contributed by atoms with van der Waals surface area (Å²) in [7, 11) is 1.68. The van der Waals surface area contributed by atoms with Crippen molar-refractivity contribution < 1.29 is 9.15 Å². The number of methoxy groups -OCH3 is 1. The molecule has 0 aliphatic heterocycles. The summed E-state index contributed by atoms with van der Waals surface area (Å²) < 4.78 is 11.1. The van der Waals surface area contributed by atoms with Crippen LogP contribution in [-0.4, -0.2) is 7.11 Å². The number of fused-ring (bicyclic) bond motifs is 3. The number of hydrogen-bond acceptors (Lipinski definition) is 2. The molecule has 2 heteroatoms. The maximum Gasteiger partial charge on any atom is 0.135 e. The SMILES string of the molecule is COc1cccc(-c2coc3ccc4ccccc4c23)c1. The highest BCUT2D eigenvalue weighted by atomic mass is 16.5. The molecule has 1 heterocycles. The number of benzene rings is 3. The van der Waals surface area contributed by atoms with Crippen LogP contribution in [0.15, 0.2) is 71.3 Å². The predicted molar refractivity (Wildman–Crippen MR) is 85.7 cm³/mol. The number of furan rings is 1. The third-order valence-electron chi connectivity index (χ3n) is 3.84. The fourth-order valence-electron chi connectivity index (χ4n) is 2.81. The Bertz CT molecular complexity index is 935. The molecule has 0 fully saturated rings. The zero-order valence-corrected chi connectivity index (χ0v) is 11.7. The van der Waals surface area contributed by atoms with E-state index in [1.165, 1.54) is 10.8 Å². The summed E-state index contributed by atoms with van der Waals surface area (Å²) in [5.41, 5.74) is 3.11. The number of rotatable bonds is 2. The van der Waals surface area contributed by atoms with E-state index in [0.717, 1.165) is 27.8 Å². The Kier molecular flexibility index (Phi) is 2.68. The molecular formula is C19H14O2. The second kappa shape index (κ2) is 4.67. The lowest BCUT2D eigenvalue weighted by atomic mass is 9.99. The molecule has 0 radical (unpaired) electrons. The maximum absolute atomic E-state index is 5.74. The van der Waals surface area contributed by atoms with Gasteiger partial charge in [-0.05, 0) is 34.5 Å². The largest absolute Gasteiger partial charge is 0.497 e. The lowest BCUT2D eigenvalue weighted by molar-refractivity contribution is 0.415. The van der Waals surface area contributed by atoms with Crippen molar-refractivity contribution in [2.24, 2.45) is 0 Å². The highest BCUT2D eigenvalue weighted by Crippen LogP contribution is 2.36. The van der Waals surface area contributed by atoms with Gasteiger partial charge in [-0.2, -0.15) is 0 Å². The van der Waals surface area contributed by atoms with Crippen molar-refractivity contribution in [1.29, 1.82) is 0 Å². The van der Waals surface area contributed by atoms with Crippen molar-refractivity contribution in [2.45, 2.75) is 0 Å². The summed E-state index contributed by atoms with van der Waals surface area (Å²) in [5.74, 6) is 0.849. The Morgan fingerprint density at radius 2 is 1.81 bits per heavy atom. The first-order chi connectivity index (χ1) is 10.4. The van der Waals surface area contributed by atoms with E-state index in [2.05, 4.69) is 36.4 Å². The monoisotopic (exact) mass is 274 g/mol. The molecule has 4 rings (SSSR count). The van der Waals surface area contributed by atoms with Crippen LogP contribution in [0.2, 0.25) is 0 Å². The zero-order chi connectivity index (χ0) is 14.2. The molecule has 102 valence electrons. The van der Waals surface area contributed by atoms with Crippen LogP contribution in [0.5, 0.6) is 5.75 Å². The van der Waals surface area contributed by atoms with E-state index in [1.807, 2.05) is 30.5 Å². The molecule has 0 atom stereocenters. The Morgan fingerprint density at radius 3 is 2.71 bits per heavy atom. The minimum atomic E-state index is 0.849. The summed E-state index contributed by atoms with van der Waals surface area (Å²) in [6.07, 6.45) is 1.83. The third kappa shape index (κ3) is 1.88. The minimum Gasteiger partial charge on any atom is -0.497 e. The summed E-state index contributed by atoms with van der Waals surface area (Å²) in [5, 5.41) is 3.58. The van der Waals surface area contributed by atoms with Gasteiger partial charge in [-0.1, -0.05) is 42.5 Å². The molecule has 0 saturated carbocycles. The predicted octanol–water partition coefficient (Wildman–Crippen LogP) is 5.26. The summed E-state index contributed by atoms with van der Waals surface area (Å²) in [6.45, 7) is 0. The van der Waals surface area contributed by atoms with Crippen LogP contribution >= 0.6 is 0 Å². The Hall–Kier alpha value is -2.74. The average Bonchev–Trinajstić information content (AvgIpc) is 2.99. The van der Waals surface area contributed by atoms with Gasteiger partial charge in [-0.15, -0.1) is 0 Å². The highest BCUT2D eigenvalue weighted by Gasteiger charge is 2.11. The van der Waals surface area contributed by atoms with Crippen LogP contribution in [0.4, 0.5) is 0 Å². The average molecular weight is 274 g/mol. The van der Waals surface area contributed by atoms with Gasteiger partial charge >= 0.3 is 0 Å². The molecule has 4 aromatic rings. The molecule has 0 aliphatic carbocycles. The smallest absolute Gasteiger partial charge is 0.135 e. The van der Waals surface area contributed by atoms with Crippen LogP contribution in [-0.2, 0) is 0 Å². The Morgan fingerprint density at radius 1 is 0.905 bits per heavy atom. The van der Waals surface area contributed by atoms with E-state index < -0.39 is 0 Å². The maximum atomic E-state index is 5.74. The van der Waals surface area contributed by atoms with E-state index in [0.29, 0.717) is 0 Å². The second-order valence-corrected chi connectivity index (χ2v) is 5.04. The molecule has 3 aromatic carbocycles. The summed E-state index contributed by atoms with van der Waals surface area (Å²) in [6, 6.07) is 20.6. The zero-order valence-electron chi connectivity index (χ0n) is 11.7. The summed E-state index contributed by atoms with van der Waals surface area (Å²) >= 11 is 0. The van der Waals surface area contributed by atoms with Crippen molar-refractivity contribution in [2.75, 3.05) is 7.11 Å². The van der Waals surface area contributed by atoms with Gasteiger partial charge in [-0.3, -0.25) is 0 Å². The lowest BCUT2D eigenvalue weighted by Gasteiger charge is -2.04. The van der Waals surface area contributed by atoms with Crippen LogP contribution in [0.1, 0.15) is 0 Å². The molecule has 0 spiro atoms. The van der Waals surface area contributed by atoms with Gasteiger partial charge in [0.25, 0.3) is 0 Å². The molecule has 0 aliphatic rings. The molecule has 2 nitrogen and oxygen atoms in total. The van der Waals surface area contributed by atoms with E-state index in [-0.39, 0.29) is 0 Å². The first-order valence-electron chi connectivity index (χ1n) is 6.90. The van der Waals surface area contributed by atoms with Crippen LogP contribution in [0, 0.1) is 0 Å². The first-order valence-corrected chi connectivity index (χ1v) is 6.90. The Labute approximate surface area is 122 Å². The Balaban J connectivity index is 2.06. The van der Waals surface area contributed by atoms with Crippen molar-refractivity contribution in [1.82, 2.24) is 0 Å². The highest BCUT2D eigenvalue weighted by molar-refractivity contribution is 6.12. The first kappa shape index (κ1) is 12.0. The van der Waals surface area contributed by atoms with Gasteiger partial charge in [0, 0.05) is 10.9 Å². The van der Waals surface area contributed by atoms with Crippen molar-refractivity contribution >= 4 is 21.7 Å². The van der Waals surface area contributed by atoms with E-state index in [1.54, 1.807) is 7.11 Å². The molecule has 0 unspecified atom stereocenters. The standard InChI is InChI=1S/C19H14O2/c1-20-15-7-4-6-14(11-15)17-12-21-18-10-9-13-5-2-3-8-16(13)19(17)18/h2-12H,1H3. The second-order valence-electron chi connectivity index (χ2n) is 5.04. The molecule has 0 bridgehead atoms. The topological polar surface area (TPSA) is 22.4 Å². The molecular weight excluding hydrogens is 260 g/mol. The quantitative estimate of drug-likeness (QED) is 0.497.